The molecule has 1 nitrogen and oxygen atoms in total. The first-order valence-corrected chi connectivity index (χ1v) is 11.1. The average Bonchev–Trinajstić information content (AvgIpc) is 2.69. The molecule has 0 spiro atoms. The number of hydrogen-bond acceptors (Lipinski definition) is 1. The first-order valence-electron chi connectivity index (χ1n) is 11.1. The standard InChI is InChI=1S/C24H29F5O/c1-2-3-14-4-8-19-16(10-14)5-6-17-11-15(7-9-20(17)19)18-12-21(25)23(22(26)13-18)30-24(27,28)29/h2-3,12-17,19-20H,4-11H2,1H3/b3-2+. The largest absolute Gasteiger partial charge is 0.573 e. The van der Waals surface area contributed by atoms with Crippen molar-refractivity contribution in [1.82, 2.24) is 0 Å². The van der Waals surface area contributed by atoms with Gasteiger partial charge in [-0.05, 0) is 111 Å². The number of hydrogen-bond donors (Lipinski definition) is 0. The van der Waals surface area contributed by atoms with Gasteiger partial charge < -0.3 is 4.74 Å². The van der Waals surface area contributed by atoms with Crippen LogP contribution < -0.4 is 4.74 Å². The Labute approximate surface area is 174 Å². The number of halogens is 5. The van der Waals surface area contributed by atoms with Crippen molar-refractivity contribution in [2.45, 2.75) is 70.6 Å². The summed E-state index contributed by atoms with van der Waals surface area (Å²) in [6.45, 7) is 2.08. The molecule has 1 aromatic rings. The Morgan fingerprint density at radius 2 is 1.47 bits per heavy atom. The molecule has 4 rings (SSSR count). The van der Waals surface area contributed by atoms with Gasteiger partial charge in [-0.3, -0.25) is 0 Å². The summed E-state index contributed by atoms with van der Waals surface area (Å²) in [5.41, 5.74) is 0.455. The summed E-state index contributed by atoms with van der Waals surface area (Å²) < 4.78 is 69.0. The molecule has 3 fully saturated rings. The van der Waals surface area contributed by atoms with Gasteiger partial charge in [-0.1, -0.05) is 12.2 Å². The molecule has 0 aliphatic heterocycles. The van der Waals surface area contributed by atoms with E-state index in [-0.39, 0.29) is 5.92 Å². The molecule has 0 amide bonds. The molecule has 166 valence electrons. The number of ether oxygens (including phenoxy) is 1. The summed E-state index contributed by atoms with van der Waals surface area (Å²) in [5, 5.41) is 0. The third kappa shape index (κ3) is 4.52. The maximum atomic E-state index is 14.2. The summed E-state index contributed by atoms with van der Waals surface area (Å²) >= 11 is 0. The quantitative estimate of drug-likeness (QED) is 0.353. The van der Waals surface area contributed by atoms with Crippen molar-refractivity contribution in [2.24, 2.45) is 29.6 Å². The van der Waals surface area contributed by atoms with Crippen molar-refractivity contribution in [3.8, 4) is 5.75 Å². The topological polar surface area (TPSA) is 9.23 Å². The highest BCUT2D eigenvalue weighted by Gasteiger charge is 2.44. The zero-order valence-electron chi connectivity index (χ0n) is 17.2. The van der Waals surface area contributed by atoms with E-state index in [1.807, 2.05) is 0 Å². The molecule has 0 N–H and O–H groups in total. The van der Waals surface area contributed by atoms with Crippen molar-refractivity contribution in [2.75, 3.05) is 0 Å². The van der Waals surface area contributed by atoms with Crippen LogP contribution in [0, 0.1) is 41.2 Å². The van der Waals surface area contributed by atoms with Gasteiger partial charge in [0.05, 0.1) is 0 Å². The Morgan fingerprint density at radius 1 is 0.867 bits per heavy atom. The molecule has 6 atom stereocenters. The fourth-order valence-electron chi connectivity index (χ4n) is 6.61. The van der Waals surface area contributed by atoms with Gasteiger partial charge in [0.25, 0.3) is 0 Å². The second kappa shape index (κ2) is 8.51. The van der Waals surface area contributed by atoms with Gasteiger partial charge in [-0.25, -0.2) is 8.78 Å². The second-order valence-electron chi connectivity index (χ2n) is 9.40. The Balaban J connectivity index is 1.44. The number of alkyl halides is 3. The lowest BCUT2D eigenvalue weighted by molar-refractivity contribution is -0.276. The zero-order chi connectivity index (χ0) is 21.5. The van der Waals surface area contributed by atoms with Crippen LogP contribution in [0.25, 0.3) is 0 Å². The van der Waals surface area contributed by atoms with Gasteiger partial charge in [0.1, 0.15) is 0 Å². The van der Waals surface area contributed by atoms with E-state index in [1.54, 1.807) is 0 Å². The minimum absolute atomic E-state index is 0.00824. The van der Waals surface area contributed by atoms with Crippen LogP contribution in [-0.4, -0.2) is 6.36 Å². The molecule has 3 aliphatic rings. The molecular formula is C24H29F5O. The molecule has 6 unspecified atom stereocenters. The Kier molecular flexibility index (Phi) is 6.13. The lowest BCUT2D eigenvalue weighted by atomic mass is 9.55. The maximum Gasteiger partial charge on any atom is 0.573 e. The minimum Gasteiger partial charge on any atom is -0.399 e. The maximum absolute atomic E-state index is 14.2. The van der Waals surface area contributed by atoms with Crippen molar-refractivity contribution < 1.29 is 26.7 Å². The zero-order valence-corrected chi connectivity index (χ0v) is 17.2. The second-order valence-corrected chi connectivity index (χ2v) is 9.40. The highest BCUT2D eigenvalue weighted by Crippen LogP contribution is 2.55. The van der Waals surface area contributed by atoms with Gasteiger partial charge in [0.2, 0.25) is 5.75 Å². The van der Waals surface area contributed by atoms with Gasteiger partial charge in [0.15, 0.2) is 11.6 Å². The van der Waals surface area contributed by atoms with Crippen LogP contribution in [0.4, 0.5) is 22.0 Å². The van der Waals surface area contributed by atoms with E-state index in [2.05, 4.69) is 23.8 Å². The number of benzene rings is 1. The van der Waals surface area contributed by atoms with Crippen molar-refractivity contribution in [3.63, 3.8) is 0 Å². The van der Waals surface area contributed by atoms with E-state index < -0.39 is 23.7 Å². The molecule has 1 aromatic carbocycles. The summed E-state index contributed by atoms with van der Waals surface area (Å²) in [7, 11) is 0. The monoisotopic (exact) mass is 428 g/mol. The van der Waals surface area contributed by atoms with E-state index in [9.17, 15) is 22.0 Å². The normalized spacial score (nSPS) is 34.5. The smallest absolute Gasteiger partial charge is 0.399 e. The molecule has 3 aliphatic carbocycles. The third-order valence-electron chi connectivity index (χ3n) is 7.76. The van der Waals surface area contributed by atoms with Gasteiger partial charge in [0, 0.05) is 0 Å². The highest BCUT2D eigenvalue weighted by atomic mass is 19.4. The summed E-state index contributed by atoms with van der Waals surface area (Å²) in [6, 6.07) is 2.06. The van der Waals surface area contributed by atoms with Gasteiger partial charge in [-0.15, -0.1) is 13.2 Å². The van der Waals surface area contributed by atoms with Crippen LogP contribution in [0.5, 0.6) is 5.75 Å². The van der Waals surface area contributed by atoms with E-state index in [1.165, 1.54) is 25.7 Å². The lowest BCUT2D eigenvalue weighted by Gasteiger charge is -2.50. The van der Waals surface area contributed by atoms with E-state index >= 15 is 0 Å². The van der Waals surface area contributed by atoms with Gasteiger partial charge in [-0.2, -0.15) is 0 Å². The fourth-order valence-corrected chi connectivity index (χ4v) is 6.61. The lowest BCUT2D eigenvalue weighted by Crippen LogP contribution is -2.41. The van der Waals surface area contributed by atoms with E-state index in [0.717, 1.165) is 49.7 Å². The van der Waals surface area contributed by atoms with Crippen LogP contribution in [0.3, 0.4) is 0 Å². The van der Waals surface area contributed by atoms with E-state index in [0.29, 0.717) is 23.3 Å². The van der Waals surface area contributed by atoms with Crippen molar-refractivity contribution >= 4 is 0 Å². The molecule has 30 heavy (non-hydrogen) atoms. The Hall–Kier alpha value is -1.59. The number of fused-ring (bicyclic) bond motifs is 3. The molecule has 0 aromatic heterocycles. The minimum atomic E-state index is -5.12. The molecule has 0 bridgehead atoms. The Morgan fingerprint density at radius 3 is 2.07 bits per heavy atom. The van der Waals surface area contributed by atoms with Crippen molar-refractivity contribution in [3.05, 3.63) is 41.5 Å². The first kappa shape index (κ1) is 21.6. The number of rotatable bonds is 3. The van der Waals surface area contributed by atoms with E-state index in [4.69, 9.17) is 0 Å². The van der Waals surface area contributed by atoms with Gasteiger partial charge >= 0.3 is 6.36 Å². The highest BCUT2D eigenvalue weighted by molar-refractivity contribution is 5.33. The fraction of sp³-hybridized carbons (Fsp3) is 0.667. The molecule has 6 heteroatoms. The molecule has 3 saturated carbocycles. The van der Waals surface area contributed by atoms with Crippen molar-refractivity contribution in [1.29, 1.82) is 0 Å². The van der Waals surface area contributed by atoms with Crippen LogP contribution in [0.1, 0.15) is 69.8 Å². The van der Waals surface area contributed by atoms with Crippen LogP contribution >= 0.6 is 0 Å². The summed E-state index contributed by atoms with van der Waals surface area (Å²) in [6.07, 6.45) is 8.26. The van der Waals surface area contributed by atoms with Crippen LogP contribution in [0.15, 0.2) is 24.3 Å². The molecule has 0 heterocycles. The third-order valence-corrected chi connectivity index (χ3v) is 7.76. The Bertz CT molecular complexity index is 763. The number of allylic oxidation sites excluding steroid dienone is 2. The predicted octanol–water partition coefficient (Wildman–Crippen LogP) is 7.77. The molecular weight excluding hydrogens is 399 g/mol. The predicted molar refractivity (Wildman–Crippen MR) is 105 cm³/mol. The van der Waals surface area contributed by atoms with Crippen LogP contribution in [0.2, 0.25) is 0 Å². The summed E-state index contributed by atoms with van der Waals surface area (Å²) in [5.74, 6) is -0.480. The molecule has 0 radical (unpaired) electrons. The average molecular weight is 428 g/mol. The first-order chi connectivity index (χ1) is 14.2. The summed E-state index contributed by atoms with van der Waals surface area (Å²) in [4.78, 5) is 0. The van der Waals surface area contributed by atoms with Crippen LogP contribution in [-0.2, 0) is 0 Å². The SMILES string of the molecule is C/C=C/C1CCC2C(CCC3CC(c4cc(F)c(OC(F)(F)F)c(F)c4)CCC32)C1. The molecule has 0 saturated heterocycles.